The Balaban J connectivity index is 1.30. The van der Waals surface area contributed by atoms with Crippen LogP contribution in [0.2, 0.25) is 0 Å². The second-order valence-corrected chi connectivity index (χ2v) is 8.41. The number of rotatable bonds is 5. The van der Waals surface area contributed by atoms with Gasteiger partial charge in [0.15, 0.2) is 0 Å². The summed E-state index contributed by atoms with van der Waals surface area (Å²) in [5.41, 5.74) is 6.12. The van der Waals surface area contributed by atoms with Gasteiger partial charge < -0.3 is 15.1 Å². The molecule has 1 aliphatic rings. The van der Waals surface area contributed by atoms with Crippen LogP contribution in [0, 0.1) is 13.8 Å². The zero-order chi connectivity index (χ0) is 22.9. The van der Waals surface area contributed by atoms with Gasteiger partial charge in [-0.3, -0.25) is 19.2 Å². The summed E-state index contributed by atoms with van der Waals surface area (Å²) in [5.74, 6) is 1.61. The number of aryl methyl sites for hydroxylation is 2. The van der Waals surface area contributed by atoms with Crippen molar-refractivity contribution in [2.24, 2.45) is 0 Å². The van der Waals surface area contributed by atoms with Crippen LogP contribution in [-0.2, 0) is 11.3 Å². The summed E-state index contributed by atoms with van der Waals surface area (Å²) in [5, 5.41) is 3.38. The predicted molar refractivity (Wildman–Crippen MR) is 127 cm³/mol. The van der Waals surface area contributed by atoms with Gasteiger partial charge in [0.1, 0.15) is 12.1 Å². The fourth-order valence-corrected chi connectivity index (χ4v) is 4.05. The molecule has 9 nitrogen and oxygen atoms in total. The predicted octanol–water partition coefficient (Wildman–Crippen LogP) is 2.69. The monoisotopic (exact) mass is 442 g/mol. The zero-order valence-electron chi connectivity index (χ0n) is 19.0. The average Bonchev–Trinajstić information content (AvgIpc) is 3.22. The molecule has 0 saturated carbocycles. The number of carbonyl (C=O) groups is 1. The molecule has 4 aromatic rings. The van der Waals surface area contributed by atoms with Gasteiger partial charge in [-0.25, -0.2) is 9.97 Å². The van der Waals surface area contributed by atoms with E-state index in [1.807, 2.05) is 60.1 Å². The highest BCUT2D eigenvalue weighted by Gasteiger charge is 2.22. The Kier molecular flexibility index (Phi) is 5.37. The molecule has 0 radical (unpaired) electrons. The van der Waals surface area contributed by atoms with Gasteiger partial charge in [-0.1, -0.05) is 6.07 Å². The maximum Gasteiger partial charge on any atom is 0.241 e. The lowest BCUT2D eigenvalue weighted by molar-refractivity contribution is -0.129. The summed E-state index contributed by atoms with van der Waals surface area (Å²) < 4.78 is 1.91. The Bertz CT molecular complexity index is 1330. The van der Waals surface area contributed by atoms with Crippen LogP contribution in [0.15, 0.2) is 49.2 Å². The Labute approximate surface area is 192 Å². The highest BCUT2D eigenvalue weighted by Crippen LogP contribution is 2.23. The van der Waals surface area contributed by atoms with E-state index in [1.54, 1.807) is 11.2 Å². The first kappa shape index (κ1) is 20.9. The molecule has 9 heteroatoms. The van der Waals surface area contributed by atoms with E-state index in [0.717, 1.165) is 46.0 Å². The van der Waals surface area contributed by atoms with Crippen molar-refractivity contribution in [1.29, 1.82) is 0 Å². The maximum atomic E-state index is 12.0. The number of aromatic nitrogens is 5. The summed E-state index contributed by atoms with van der Waals surface area (Å²) in [6, 6.07) is 8.13. The van der Waals surface area contributed by atoms with E-state index in [0.29, 0.717) is 25.6 Å². The molecule has 0 aliphatic carbocycles. The van der Waals surface area contributed by atoms with Crippen LogP contribution >= 0.6 is 0 Å². The Morgan fingerprint density at radius 2 is 1.91 bits per heavy atom. The lowest BCUT2D eigenvalue weighted by Crippen LogP contribution is -2.48. The molecule has 1 aliphatic heterocycles. The Morgan fingerprint density at radius 3 is 2.70 bits per heavy atom. The average molecular weight is 443 g/mol. The second kappa shape index (κ2) is 8.50. The molecular weight excluding hydrogens is 416 g/mol. The van der Waals surface area contributed by atoms with Crippen molar-refractivity contribution in [1.82, 2.24) is 29.2 Å². The van der Waals surface area contributed by atoms with Gasteiger partial charge in [-0.2, -0.15) is 0 Å². The number of imidazole rings is 1. The van der Waals surface area contributed by atoms with Gasteiger partial charge in [0.25, 0.3) is 0 Å². The summed E-state index contributed by atoms with van der Waals surface area (Å²) >= 11 is 0. The second-order valence-electron chi connectivity index (χ2n) is 8.41. The van der Waals surface area contributed by atoms with E-state index in [4.69, 9.17) is 0 Å². The van der Waals surface area contributed by atoms with Crippen LogP contribution in [0.25, 0.3) is 16.8 Å². The molecule has 33 heavy (non-hydrogen) atoms. The van der Waals surface area contributed by atoms with Crippen molar-refractivity contribution >= 4 is 23.2 Å². The topological polar surface area (TPSA) is 91.5 Å². The van der Waals surface area contributed by atoms with Crippen molar-refractivity contribution < 1.29 is 4.79 Å². The van der Waals surface area contributed by atoms with Crippen LogP contribution in [0.4, 0.5) is 11.8 Å². The van der Waals surface area contributed by atoms with Crippen LogP contribution in [0.5, 0.6) is 0 Å². The van der Waals surface area contributed by atoms with E-state index in [1.165, 1.54) is 0 Å². The first-order chi connectivity index (χ1) is 16.0. The molecule has 4 aromatic heterocycles. The molecular formula is C24H26N8O. The van der Waals surface area contributed by atoms with Gasteiger partial charge in [0.05, 0.1) is 24.0 Å². The summed E-state index contributed by atoms with van der Waals surface area (Å²) in [7, 11) is 1.83. The minimum Gasteiger partial charge on any atom is -0.351 e. The summed E-state index contributed by atoms with van der Waals surface area (Å²) in [6.07, 6.45) is 7.26. The SMILES string of the molecule is Cc1cc(-c2ncc(CNc3ncc4cc(N5CCN(C)C(=O)C5)ncn34)cc2C)ccn1. The molecule has 0 aromatic carbocycles. The molecule has 1 fully saturated rings. The highest BCUT2D eigenvalue weighted by atomic mass is 16.2. The van der Waals surface area contributed by atoms with E-state index >= 15 is 0 Å². The third-order valence-corrected chi connectivity index (χ3v) is 5.94. The number of piperazine rings is 1. The number of nitrogens with zero attached hydrogens (tertiary/aromatic N) is 7. The molecule has 0 bridgehead atoms. The van der Waals surface area contributed by atoms with Crippen LogP contribution < -0.4 is 10.2 Å². The fourth-order valence-electron chi connectivity index (χ4n) is 4.05. The normalized spacial score (nSPS) is 14.2. The third kappa shape index (κ3) is 4.21. The number of pyridine rings is 2. The molecule has 0 spiro atoms. The number of carbonyl (C=O) groups excluding carboxylic acids is 1. The molecule has 168 valence electrons. The molecule has 0 atom stereocenters. The van der Waals surface area contributed by atoms with E-state index in [-0.39, 0.29) is 5.91 Å². The van der Waals surface area contributed by atoms with E-state index in [9.17, 15) is 4.79 Å². The van der Waals surface area contributed by atoms with Gasteiger partial charge in [0.2, 0.25) is 11.9 Å². The lowest BCUT2D eigenvalue weighted by Gasteiger charge is -2.32. The van der Waals surface area contributed by atoms with E-state index < -0.39 is 0 Å². The van der Waals surface area contributed by atoms with Gasteiger partial charge in [-0.05, 0) is 37.1 Å². The third-order valence-electron chi connectivity index (χ3n) is 5.94. The van der Waals surface area contributed by atoms with Crippen LogP contribution in [0.1, 0.15) is 16.8 Å². The zero-order valence-corrected chi connectivity index (χ0v) is 19.0. The first-order valence-electron chi connectivity index (χ1n) is 10.9. The first-order valence-corrected chi connectivity index (χ1v) is 10.9. The Morgan fingerprint density at radius 1 is 1.03 bits per heavy atom. The standard InChI is InChI=1S/C24H26N8O/c1-16-8-18(11-26-23(16)19-4-5-25-17(2)9-19)12-27-24-28-13-20-10-21(29-15-32(20)24)31-7-6-30(3)22(33)14-31/h4-5,8-11,13,15H,6-7,12,14H2,1-3H3,(H,27,28). The van der Waals surface area contributed by atoms with Crippen LogP contribution in [0.3, 0.4) is 0 Å². The number of likely N-dealkylation sites (N-methyl/N-ethyl adjacent to an activating group) is 1. The largest absolute Gasteiger partial charge is 0.351 e. The maximum absolute atomic E-state index is 12.0. The number of fused-ring (bicyclic) bond motifs is 1. The van der Waals surface area contributed by atoms with Crippen LogP contribution in [-0.4, -0.2) is 61.8 Å². The van der Waals surface area contributed by atoms with Gasteiger partial charge >= 0.3 is 0 Å². The van der Waals surface area contributed by atoms with Crippen molar-refractivity contribution in [3.8, 4) is 11.3 Å². The smallest absolute Gasteiger partial charge is 0.241 e. The lowest BCUT2D eigenvalue weighted by atomic mass is 10.1. The number of nitrogens with one attached hydrogen (secondary N) is 1. The van der Waals surface area contributed by atoms with E-state index in [2.05, 4.69) is 38.2 Å². The summed E-state index contributed by atoms with van der Waals surface area (Å²) in [6.45, 7) is 6.46. The fraction of sp³-hybridized carbons (Fsp3) is 0.292. The molecule has 5 heterocycles. The summed E-state index contributed by atoms with van der Waals surface area (Å²) in [4.78, 5) is 33.8. The number of anilines is 2. The molecule has 1 N–H and O–H groups in total. The molecule has 1 amide bonds. The molecule has 1 saturated heterocycles. The van der Waals surface area contributed by atoms with Gasteiger partial charge in [-0.15, -0.1) is 0 Å². The molecule has 0 unspecified atom stereocenters. The van der Waals surface area contributed by atoms with Gasteiger partial charge in [0, 0.05) is 56.4 Å². The Hall–Kier alpha value is -4.01. The number of amides is 1. The number of hydrogen-bond donors (Lipinski definition) is 1. The van der Waals surface area contributed by atoms with Crippen molar-refractivity contribution in [2.75, 3.05) is 36.9 Å². The minimum atomic E-state index is 0.104. The number of hydrogen-bond acceptors (Lipinski definition) is 7. The molecule has 5 rings (SSSR count). The van der Waals surface area contributed by atoms with Crippen molar-refractivity contribution in [3.05, 3.63) is 66.0 Å². The quantitative estimate of drug-likeness (QED) is 0.508. The van der Waals surface area contributed by atoms with Crippen molar-refractivity contribution in [3.63, 3.8) is 0 Å². The highest BCUT2D eigenvalue weighted by molar-refractivity contribution is 5.82. The minimum absolute atomic E-state index is 0.104. The van der Waals surface area contributed by atoms with Crippen molar-refractivity contribution in [2.45, 2.75) is 20.4 Å².